The molecule has 0 atom stereocenters. The molecule has 1 aromatic carbocycles. The molecule has 0 saturated heterocycles. The number of rotatable bonds is 2. The Kier molecular flexibility index (Phi) is 5.79. The summed E-state index contributed by atoms with van der Waals surface area (Å²) in [6.45, 7) is 12.1. The monoisotopic (exact) mass is 519 g/mol. The molecule has 0 fully saturated rings. The lowest BCUT2D eigenvalue weighted by atomic mass is 10.1. The molecule has 0 radical (unpaired) electrons. The van der Waals surface area contributed by atoms with Crippen LogP contribution in [0.25, 0.3) is 22.1 Å². The smallest absolute Gasteiger partial charge is 0.414 e. The van der Waals surface area contributed by atoms with Gasteiger partial charge in [-0.2, -0.15) is 4.98 Å². The zero-order valence-corrected chi connectivity index (χ0v) is 21.3. The van der Waals surface area contributed by atoms with Crippen LogP contribution in [0.15, 0.2) is 22.7 Å². The van der Waals surface area contributed by atoms with Gasteiger partial charge in [0.25, 0.3) is 5.95 Å². The number of thiazole rings is 1. The maximum absolute atomic E-state index is 12.2. The molecule has 3 aromatic rings. The van der Waals surface area contributed by atoms with Crippen molar-refractivity contribution in [3.63, 3.8) is 0 Å². The van der Waals surface area contributed by atoms with E-state index in [2.05, 4.69) is 31.3 Å². The van der Waals surface area contributed by atoms with Crippen molar-refractivity contribution in [1.29, 1.82) is 0 Å². The third-order valence-corrected chi connectivity index (χ3v) is 6.13. The largest absolute Gasteiger partial charge is 0.492 e. The molecule has 2 aromatic heterocycles. The number of anilines is 1. The standard InChI is InChI=1S/C22H26BrN5O3S/c1-21(2,3)28-17(25-19(27-28)26-20(29)31-22(4,5)6)18-24-16-13-8-7-12(23)11-14(13)30-10-9-15(16)32-18/h7-8,11H,9-10H2,1-6H3,(H,26,27,29). The SMILES string of the molecule is CC(C)(C)OC(=O)Nc1nc(-c2nc3c(s2)CCOc2cc(Br)ccc2-3)n(C(C)(C)C)n1. The van der Waals surface area contributed by atoms with Gasteiger partial charge in [-0.25, -0.2) is 14.5 Å². The summed E-state index contributed by atoms with van der Waals surface area (Å²) in [5.74, 6) is 1.59. The van der Waals surface area contributed by atoms with Gasteiger partial charge in [0.05, 0.1) is 17.8 Å². The average molecular weight is 520 g/mol. The topological polar surface area (TPSA) is 91.2 Å². The maximum Gasteiger partial charge on any atom is 0.414 e. The van der Waals surface area contributed by atoms with E-state index in [4.69, 9.17) is 14.5 Å². The predicted molar refractivity (Wildman–Crippen MR) is 128 cm³/mol. The van der Waals surface area contributed by atoms with Crippen molar-refractivity contribution in [1.82, 2.24) is 19.7 Å². The summed E-state index contributed by atoms with van der Waals surface area (Å²) in [6, 6.07) is 5.96. The van der Waals surface area contributed by atoms with Crippen LogP contribution >= 0.6 is 27.3 Å². The first-order chi connectivity index (χ1) is 14.9. The van der Waals surface area contributed by atoms with Gasteiger partial charge in [0.1, 0.15) is 11.4 Å². The van der Waals surface area contributed by atoms with Gasteiger partial charge in [-0.05, 0) is 59.7 Å². The molecule has 32 heavy (non-hydrogen) atoms. The van der Waals surface area contributed by atoms with E-state index in [-0.39, 0.29) is 11.5 Å². The van der Waals surface area contributed by atoms with Gasteiger partial charge in [0.2, 0.25) is 0 Å². The summed E-state index contributed by atoms with van der Waals surface area (Å²) in [5, 5.41) is 7.92. The normalized spacial score (nSPS) is 13.6. The number of nitrogens with one attached hydrogen (secondary N) is 1. The van der Waals surface area contributed by atoms with Gasteiger partial charge in [-0.3, -0.25) is 5.32 Å². The summed E-state index contributed by atoms with van der Waals surface area (Å²) in [4.78, 5) is 22.9. The Balaban J connectivity index is 1.74. The Bertz CT molecular complexity index is 1170. The van der Waals surface area contributed by atoms with E-state index in [0.717, 1.165) is 37.8 Å². The van der Waals surface area contributed by atoms with Crippen LogP contribution < -0.4 is 10.1 Å². The highest BCUT2D eigenvalue weighted by atomic mass is 79.9. The lowest BCUT2D eigenvalue weighted by Crippen LogP contribution is -2.28. The number of hydrogen-bond donors (Lipinski definition) is 1. The van der Waals surface area contributed by atoms with Crippen molar-refractivity contribution in [2.24, 2.45) is 0 Å². The van der Waals surface area contributed by atoms with Crippen LogP contribution in [-0.4, -0.2) is 38.0 Å². The summed E-state index contributed by atoms with van der Waals surface area (Å²) in [6.07, 6.45) is 0.160. The fourth-order valence-electron chi connectivity index (χ4n) is 3.26. The average Bonchev–Trinajstić information content (AvgIpc) is 3.21. The van der Waals surface area contributed by atoms with Crippen LogP contribution in [0.5, 0.6) is 5.75 Å². The number of benzene rings is 1. The molecule has 10 heteroatoms. The van der Waals surface area contributed by atoms with Crippen molar-refractivity contribution >= 4 is 39.3 Å². The first-order valence-electron chi connectivity index (χ1n) is 10.3. The van der Waals surface area contributed by atoms with Gasteiger partial charge in [0.15, 0.2) is 10.8 Å². The second kappa shape index (κ2) is 8.15. The van der Waals surface area contributed by atoms with E-state index in [9.17, 15) is 4.79 Å². The first-order valence-corrected chi connectivity index (χ1v) is 11.9. The van der Waals surface area contributed by atoms with Gasteiger partial charge in [-0.15, -0.1) is 16.4 Å². The number of fused-ring (bicyclic) bond motifs is 3. The molecule has 1 amide bonds. The number of aromatic nitrogens is 4. The molecule has 1 aliphatic rings. The molecule has 170 valence electrons. The lowest BCUT2D eigenvalue weighted by Gasteiger charge is -2.20. The first kappa shape index (κ1) is 22.7. The highest BCUT2D eigenvalue weighted by Gasteiger charge is 2.28. The number of nitrogens with zero attached hydrogens (tertiary/aromatic N) is 4. The Morgan fingerprint density at radius 1 is 1.22 bits per heavy atom. The van der Waals surface area contributed by atoms with Crippen LogP contribution in [0.2, 0.25) is 0 Å². The van der Waals surface area contributed by atoms with Crippen molar-refractivity contribution < 1.29 is 14.3 Å². The molecule has 0 spiro atoms. The van der Waals surface area contributed by atoms with E-state index < -0.39 is 11.7 Å². The zero-order chi connectivity index (χ0) is 23.3. The van der Waals surface area contributed by atoms with Crippen LogP contribution in [0.3, 0.4) is 0 Å². The molecule has 1 N–H and O–H groups in total. The van der Waals surface area contributed by atoms with Gasteiger partial charge in [0, 0.05) is 21.3 Å². The Morgan fingerprint density at radius 2 is 1.97 bits per heavy atom. The van der Waals surface area contributed by atoms with Crippen molar-refractivity contribution in [3.8, 4) is 27.8 Å². The molecule has 3 heterocycles. The second-order valence-corrected chi connectivity index (χ2v) is 11.5. The molecule has 1 aliphatic heterocycles. The minimum Gasteiger partial charge on any atom is -0.492 e. The number of carbonyl (C=O) groups excluding carboxylic acids is 1. The minimum absolute atomic E-state index is 0.183. The van der Waals surface area contributed by atoms with Crippen molar-refractivity contribution in [2.75, 3.05) is 11.9 Å². The van der Waals surface area contributed by atoms with Crippen molar-refractivity contribution in [3.05, 3.63) is 27.5 Å². The third-order valence-electron chi connectivity index (χ3n) is 4.53. The quantitative estimate of drug-likeness (QED) is 0.455. The van der Waals surface area contributed by atoms with Gasteiger partial charge >= 0.3 is 6.09 Å². The molecular weight excluding hydrogens is 494 g/mol. The van der Waals surface area contributed by atoms with Crippen LogP contribution in [-0.2, 0) is 16.7 Å². The molecule has 4 rings (SSSR count). The highest BCUT2D eigenvalue weighted by Crippen LogP contribution is 2.41. The fourth-order valence-corrected chi connectivity index (χ4v) is 4.63. The van der Waals surface area contributed by atoms with E-state index in [0.29, 0.717) is 12.4 Å². The van der Waals surface area contributed by atoms with E-state index >= 15 is 0 Å². The molecule has 0 bridgehead atoms. The predicted octanol–water partition coefficient (Wildman–Crippen LogP) is 5.87. The molecule has 0 aliphatic carbocycles. The lowest BCUT2D eigenvalue weighted by molar-refractivity contribution is 0.0634. The number of amides is 1. The number of ether oxygens (including phenoxy) is 2. The summed E-state index contributed by atoms with van der Waals surface area (Å²) in [7, 11) is 0. The van der Waals surface area contributed by atoms with Crippen LogP contribution in [0.1, 0.15) is 46.4 Å². The highest BCUT2D eigenvalue weighted by molar-refractivity contribution is 9.10. The molecule has 8 nitrogen and oxygen atoms in total. The molecule has 0 unspecified atom stereocenters. The number of halogens is 1. The van der Waals surface area contributed by atoms with Crippen LogP contribution in [0, 0.1) is 0 Å². The van der Waals surface area contributed by atoms with E-state index in [1.807, 2.05) is 59.7 Å². The third kappa shape index (κ3) is 4.80. The molecular formula is C22H26BrN5O3S. The Labute approximate surface area is 199 Å². The van der Waals surface area contributed by atoms with E-state index in [1.54, 1.807) is 16.0 Å². The summed E-state index contributed by atoms with van der Waals surface area (Å²) in [5.41, 5.74) is 0.870. The number of hydrogen-bond acceptors (Lipinski definition) is 7. The summed E-state index contributed by atoms with van der Waals surface area (Å²) >= 11 is 5.08. The summed E-state index contributed by atoms with van der Waals surface area (Å²) < 4.78 is 14.0. The van der Waals surface area contributed by atoms with Crippen molar-refractivity contribution in [2.45, 2.75) is 59.1 Å². The Hall–Kier alpha value is -2.46. The van der Waals surface area contributed by atoms with Gasteiger partial charge < -0.3 is 9.47 Å². The fraction of sp³-hybridized carbons (Fsp3) is 0.455. The maximum atomic E-state index is 12.2. The second-order valence-electron chi connectivity index (χ2n) is 9.50. The zero-order valence-electron chi connectivity index (χ0n) is 18.9. The number of carbonyl (C=O) groups is 1. The van der Waals surface area contributed by atoms with Crippen LogP contribution in [0.4, 0.5) is 10.7 Å². The minimum atomic E-state index is -0.614. The van der Waals surface area contributed by atoms with E-state index in [1.165, 1.54) is 0 Å². The van der Waals surface area contributed by atoms with Gasteiger partial charge in [-0.1, -0.05) is 15.9 Å². The Morgan fingerprint density at radius 3 is 2.66 bits per heavy atom. The molecule has 0 saturated carbocycles.